The van der Waals surface area contributed by atoms with Crippen LogP contribution in [-0.2, 0) is 6.54 Å². The van der Waals surface area contributed by atoms with Crippen LogP contribution in [0.4, 0.5) is 0 Å². The van der Waals surface area contributed by atoms with Crippen LogP contribution in [0, 0.1) is 0 Å². The average molecular weight is 341 g/mol. The third-order valence-corrected chi connectivity index (χ3v) is 5.65. The summed E-state index contributed by atoms with van der Waals surface area (Å²) in [6.07, 6.45) is 4.51. The molecule has 1 aliphatic carbocycles. The highest BCUT2D eigenvalue weighted by atomic mass is 79.9. The smallest absolute Gasteiger partial charge is 0.154 e. The summed E-state index contributed by atoms with van der Waals surface area (Å²) in [5.41, 5.74) is 1.33. The number of halogens is 1. The van der Waals surface area contributed by atoms with E-state index in [4.69, 9.17) is 0 Å². The second-order valence-electron chi connectivity index (χ2n) is 4.32. The number of nitrogens with zero attached hydrogens (tertiary/aromatic N) is 1. The molecule has 0 saturated heterocycles. The van der Waals surface area contributed by atoms with Gasteiger partial charge in [0.15, 0.2) is 4.34 Å². The fourth-order valence-electron chi connectivity index (χ4n) is 1.64. The zero-order valence-corrected chi connectivity index (χ0v) is 12.9. The summed E-state index contributed by atoms with van der Waals surface area (Å²) in [5, 5.41) is 5.53. The average Bonchev–Trinajstić information content (AvgIpc) is 3.06. The van der Waals surface area contributed by atoms with Gasteiger partial charge in [0.05, 0.1) is 0 Å². The molecule has 1 saturated carbocycles. The van der Waals surface area contributed by atoms with E-state index in [2.05, 4.69) is 44.4 Å². The molecule has 94 valence electrons. The fourth-order valence-corrected chi connectivity index (χ4v) is 3.89. The van der Waals surface area contributed by atoms with Gasteiger partial charge >= 0.3 is 0 Å². The summed E-state index contributed by atoms with van der Waals surface area (Å²) in [6.45, 7) is 0.964. The van der Waals surface area contributed by atoms with Gasteiger partial charge in [-0.05, 0) is 46.5 Å². The van der Waals surface area contributed by atoms with E-state index in [1.54, 1.807) is 23.1 Å². The topological polar surface area (TPSA) is 24.9 Å². The van der Waals surface area contributed by atoms with Crippen molar-refractivity contribution < 1.29 is 0 Å². The third kappa shape index (κ3) is 3.35. The molecule has 1 aromatic carbocycles. The van der Waals surface area contributed by atoms with Crippen molar-refractivity contribution >= 4 is 39.0 Å². The molecular weight excluding hydrogens is 328 g/mol. The first-order chi connectivity index (χ1) is 8.81. The Balaban J connectivity index is 1.67. The van der Waals surface area contributed by atoms with Crippen molar-refractivity contribution in [3.63, 3.8) is 0 Å². The Morgan fingerprint density at radius 1 is 1.44 bits per heavy atom. The number of rotatable bonds is 5. The lowest BCUT2D eigenvalue weighted by molar-refractivity contribution is 0.687. The minimum absolute atomic E-state index is 0.758. The van der Waals surface area contributed by atoms with Crippen molar-refractivity contribution in [1.82, 2.24) is 10.3 Å². The fraction of sp³-hybridized carbons (Fsp3) is 0.308. The van der Waals surface area contributed by atoms with Crippen molar-refractivity contribution in [3.8, 4) is 0 Å². The van der Waals surface area contributed by atoms with Crippen LogP contribution in [0.15, 0.2) is 43.5 Å². The van der Waals surface area contributed by atoms with Gasteiger partial charge in [-0.3, -0.25) is 0 Å². The molecule has 0 bridgehead atoms. The lowest BCUT2D eigenvalue weighted by atomic mass is 10.2. The van der Waals surface area contributed by atoms with Crippen molar-refractivity contribution in [1.29, 1.82) is 0 Å². The summed E-state index contributed by atoms with van der Waals surface area (Å²) >= 11 is 7.02. The Morgan fingerprint density at radius 3 is 3.00 bits per heavy atom. The maximum absolute atomic E-state index is 4.29. The Labute approximate surface area is 123 Å². The van der Waals surface area contributed by atoms with Crippen LogP contribution in [0.1, 0.15) is 18.4 Å². The number of nitrogens with one attached hydrogen (secondary N) is 1. The van der Waals surface area contributed by atoms with Gasteiger partial charge in [-0.15, -0.1) is 11.3 Å². The van der Waals surface area contributed by atoms with Gasteiger partial charge in [0.1, 0.15) is 0 Å². The summed E-state index contributed by atoms with van der Waals surface area (Å²) in [7, 11) is 0. The normalized spacial score (nSPS) is 14.9. The molecule has 1 aromatic heterocycles. The number of thiazole rings is 1. The summed E-state index contributed by atoms with van der Waals surface area (Å²) in [4.78, 5) is 5.51. The summed E-state index contributed by atoms with van der Waals surface area (Å²) in [5.74, 6) is 0. The maximum atomic E-state index is 4.29. The van der Waals surface area contributed by atoms with E-state index in [0.717, 1.165) is 21.4 Å². The molecule has 2 aromatic rings. The van der Waals surface area contributed by atoms with Gasteiger partial charge in [0, 0.05) is 33.5 Å². The van der Waals surface area contributed by atoms with E-state index in [1.165, 1.54) is 23.3 Å². The van der Waals surface area contributed by atoms with E-state index in [1.807, 2.05) is 11.6 Å². The van der Waals surface area contributed by atoms with E-state index in [9.17, 15) is 0 Å². The SMILES string of the molecule is Brc1cc(CNC2CC2)ccc1Sc1nccs1. The highest BCUT2D eigenvalue weighted by molar-refractivity contribution is 9.10. The maximum Gasteiger partial charge on any atom is 0.154 e. The largest absolute Gasteiger partial charge is 0.310 e. The van der Waals surface area contributed by atoms with Crippen LogP contribution < -0.4 is 5.32 Å². The lowest BCUT2D eigenvalue weighted by Crippen LogP contribution is -2.15. The highest BCUT2D eigenvalue weighted by Gasteiger charge is 2.20. The standard InChI is InChI=1S/C13H13BrN2S2/c14-11-7-9(8-16-10-2-3-10)1-4-12(11)18-13-15-5-6-17-13/h1,4-7,10,16H,2-3,8H2. The molecule has 0 radical (unpaired) electrons. The molecule has 2 nitrogen and oxygen atoms in total. The highest BCUT2D eigenvalue weighted by Crippen LogP contribution is 2.35. The van der Waals surface area contributed by atoms with Crippen LogP contribution >= 0.6 is 39.0 Å². The van der Waals surface area contributed by atoms with Gasteiger partial charge in [-0.2, -0.15) is 0 Å². The second kappa shape index (κ2) is 5.74. The number of aromatic nitrogens is 1. The molecule has 1 aliphatic rings. The van der Waals surface area contributed by atoms with Crippen LogP contribution in [0.3, 0.4) is 0 Å². The molecule has 5 heteroatoms. The molecular formula is C13H13BrN2S2. The Kier molecular flexibility index (Phi) is 4.03. The summed E-state index contributed by atoms with van der Waals surface area (Å²) < 4.78 is 2.23. The third-order valence-electron chi connectivity index (χ3n) is 2.78. The van der Waals surface area contributed by atoms with Gasteiger partial charge in [-0.1, -0.05) is 17.8 Å². The molecule has 3 rings (SSSR count). The molecule has 0 atom stereocenters. The van der Waals surface area contributed by atoms with Gasteiger partial charge in [-0.25, -0.2) is 4.98 Å². The van der Waals surface area contributed by atoms with E-state index < -0.39 is 0 Å². The molecule has 1 N–H and O–H groups in total. The number of benzene rings is 1. The van der Waals surface area contributed by atoms with Crippen LogP contribution in [0.25, 0.3) is 0 Å². The Bertz CT molecular complexity index is 524. The zero-order chi connectivity index (χ0) is 12.4. The summed E-state index contributed by atoms with van der Waals surface area (Å²) in [6, 6.07) is 7.31. The van der Waals surface area contributed by atoms with E-state index >= 15 is 0 Å². The van der Waals surface area contributed by atoms with Gasteiger partial charge < -0.3 is 5.32 Å². The number of hydrogen-bond donors (Lipinski definition) is 1. The molecule has 1 heterocycles. The molecule has 0 aliphatic heterocycles. The van der Waals surface area contributed by atoms with Gasteiger partial charge in [0.2, 0.25) is 0 Å². The van der Waals surface area contributed by atoms with Crippen molar-refractivity contribution in [2.75, 3.05) is 0 Å². The second-order valence-corrected chi connectivity index (χ2v) is 7.36. The van der Waals surface area contributed by atoms with E-state index in [-0.39, 0.29) is 0 Å². The van der Waals surface area contributed by atoms with Crippen LogP contribution in [-0.4, -0.2) is 11.0 Å². The predicted octanol–water partition coefficient (Wildman–Crippen LogP) is 4.31. The Morgan fingerprint density at radius 2 is 2.33 bits per heavy atom. The number of hydrogen-bond acceptors (Lipinski definition) is 4. The van der Waals surface area contributed by atoms with Gasteiger partial charge in [0.25, 0.3) is 0 Å². The molecule has 0 unspecified atom stereocenters. The minimum atomic E-state index is 0.758. The monoisotopic (exact) mass is 340 g/mol. The van der Waals surface area contributed by atoms with Crippen LogP contribution in [0.5, 0.6) is 0 Å². The minimum Gasteiger partial charge on any atom is -0.310 e. The first-order valence-corrected chi connectivity index (χ1v) is 8.39. The molecule has 0 spiro atoms. The first kappa shape index (κ1) is 12.7. The molecule has 18 heavy (non-hydrogen) atoms. The lowest BCUT2D eigenvalue weighted by Gasteiger charge is -2.06. The first-order valence-electron chi connectivity index (χ1n) is 5.90. The Hall–Kier alpha value is -0.360. The zero-order valence-electron chi connectivity index (χ0n) is 9.73. The van der Waals surface area contributed by atoms with Crippen LogP contribution in [0.2, 0.25) is 0 Å². The predicted molar refractivity (Wildman–Crippen MR) is 80.2 cm³/mol. The molecule has 0 amide bonds. The van der Waals surface area contributed by atoms with Crippen molar-refractivity contribution in [2.24, 2.45) is 0 Å². The van der Waals surface area contributed by atoms with E-state index in [0.29, 0.717) is 0 Å². The molecule has 1 fully saturated rings. The quantitative estimate of drug-likeness (QED) is 0.877. The van der Waals surface area contributed by atoms with Crippen molar-refractivity contribution in [2.45, 2.75) is 34.7 Å². The van der Waals surface area contributed by atoms with Crippen molar-refractivity contribution in [3.05, 3.63) is 39.8 Å².